The van der Waals surface area contributed by atoms with Crippen LogP contribution in [0.4, 0.5) is 4.79 Å². The van der Waals surface area contributed by atoms with Gasteiger partial charge in [-0.25, -0.2) is 13.2 Å². The van der Waals surface area contributed by atoms with E-state index in [2.05, 4.69) is 27.9 Å². The molecule has 1 atom stereocenters. The third kappa shape index (κ3) is 14.0. The highest BCUT2D eigenvalue weighted by atomic mass is 127. The summed E-state index contributed by atoms with van der Waals surface area (Å²) in [6.45, 7) is 14.0. The number of sulfone groups is 1. The molecule has 0 bridgehead atoms. The zero-order valence-corrected chi connectivity index (χ0v) is 22.4. The van der Waals surface area contributed by atoms with Crippen molar-refractivity contribution in [2.24, 2.45) is 4.99 Å². The lowest BCUT2D eigenvalue weighted by molar-refractivity contribution is 0.0522. The van der Waals surface area contributed by atoms with Gasteiger partial charge in [-0.2, -0.15) is 0 Å². The largest absolute Gasteiger partial charge is 0.444 e. The summed E-state index contributed by atoms with van der Waals surface area (Å²) in [5.74, 6) is 0.534. The molecule has 0 aliphatic heterocycles. The van der Waals surface area contributed by atoms with Crippen LogP contribution in [0, 0.1) is 0 Å². The first-order valence-electron chi connectivity index (χ1n) is 9.93. The molecule has 0 heterocycles. The van der Waals surface area contributed by atoms with Gasteiger partial charge in [0.05, 0.1) is 11.3 Å². The Hall–Kier alpha value is -0.780. The number of aliphatic imine (C=N–C) groups is 1. The van der Waals surface area contributed by atoms with E-state index in [4.69, 9.17) is 4.74 Å². The van der Waals surface area contributed by atoms with Gasteiger partial charge in [0.15, 0.2) is 15.8 Å². The second kappa shape index (κ2) is 13.5. The van der Waals surface area contributed by atoms with Gasteiger partial charge in [-0.1, -0.05) is 19.8 Å². The molecular formula is C19H41IN4O4S. The van der Waals surface area contributed by atoms with Gasteiger partial charge in [0.1, 0.15) is 5.60 Å². The Morgan fingerprint density at radius 2 is 1.69 bits per heavy atom. The van der Waals surface area contributed by atoms with Crippen LogP contribution in [-0.2, 0) is 14.6 Å². The molecule has 0 saturated carbocycles. The summed E-state index contributed by atoms with van der Waals surface area (Å²) >= 11 is 0. The van der Waals surface area contributed by atoms with Crippen molar-refractivity contribution in [2.45, 2.75) is 84.1 Å². The van der Waals surface area contributed by atoms with Crippen molar-refractivity contribution >= 4 is 45.9 Å². The minimum atomic E-state index is -3.23. The van der Waals surface area contributed by atoms with E-state index >= 15 is 0 Å². The molecule has 0 rings (SSSR count). The van der Waals surface area contributed by atoms with Gasteiger partial charge in [-0.3, -0.25) is 4.99 Å². The summed E-state index contributed by atoms with van der Waals surface area (Å²) in [6.07, 6.45) is 3.61. The van der Waals surface area contributed by atoms with Crippen LogP contribution in [0.25, 0.3) is 0 Å². The molecule has 1 unspecified atom stereocenters. The van der Waals surface area contributed by atoms with Gasteiger partial charge in [0, 0.05) is 25.4 Å². The summed E-state index contributed by atoms with van der Waals surface area (Å²) in [4.78, 5) is 16.4. The molecule has 0 saturated heterocycles. The lowest BCUT2D eigenvalue weighted by Gasteiger charge is -2.25. The molecule has 3 N–H and O–H groups in total. The maximum Gasteiger partial charge on any atom is 0.407 e. The zero-order chi connectivity index (χ0) is 22.0. The highest BCUT2D eigenvalue weighted by Gasteiger charge is 2.30. The van der Waals surface area contributed by atoms with E-state index in [1.54, 1.807) is 13.8 Å². The van der Waals surface area contributed by atoms with E-state index in [0.717, 1.165) is 19.3 Å². The van der Waals surface area contributed by atoms with E-state index in [0.29, 0.717) is 19.0 Å². The van der Waals surface area contributed by atoms with Crippen LogP contribution in [-0.4, -0.2) is 62.8 Å². The standard InChI is InChI=1S/C19H40N4O4S.HI/c1-9-11-12-15(13-21-17(24)27-18(3,4)5)23-16(20-10-2)22-14-19(6,7)28(8,25)26;/h15H,9-14H2,1-8H3,(H,21,24)(H2,20,22,23);1H. The average Bonchev–Trinajstić information content (AvgIpc) is 2.52. The van der Waals surface area contributed by atoms with Gasteiger partial charge in [-0.05, 0) is 48.0 Å². The number of unbranched alkanes of at least 4 members (excludes halogenated alkanes) is 1. The number of nitrogens with zero attached hydrogens (tertiary/aromatic N) is 1. The Kier molecular flexibility index (Phi) is 14.2. The van der Waals surface area contributed by atoms with Crippen LogP contribution in [0.3, 0.4) is 0 Å². The molecule has 0 aromatic rings. The van der Waals surface area contributed by atoms with Crippen molar-refractivity contribution < 1.29 is 17.9 Å². The number of carbonyl (C=O) groups excluding carboxylic acids is 1. The average molecular weight is 549 g/mol. The number of hydrogen-bond donors (Lipinski definition) is 3. The van der Waals surface area contributed by atoms with Crippen molar-refractivity contribution in [3.8, 4) is 0 Å². The molecular weight excluding hydrogens is 507 g/mol. The third-order valence-electron chi connectivity index (χ3n) is 4.10. The lowest BCUT2D eigenvalue weighted by atomic mass is 10.1. The van der Waals surface area contributed by atoms with Crippen LogP contribution in [0.1, 0.15) is 67.7 Å². The molecule has 0 aromatic carbocycles. The van der Waals surface area contributed by atoms with Crippen LogP contribution in [0.5, 0.6) is 0 Å². The predicted molar refractivity (Wildman–Crippen MR) is 131 cm³/mol. The van der Waals surface area contributed by atoms with Crippen LogP contribution >= 0.6 is 24.0 Å². The number of guanidine groups is 1. The Morgan fingerprint density at radius 1 is 1.10 bits per heavy atom. The number of amides is 1. The number of alkyl carbamates (subject to hydrolysis) is 1. The number of carbonyl (C=O) groups is 1. The Balaban J connectivity index is 0. The molecule has 0 aliphatic carbocycles. The Morgan fingerprint density at radius 3 is 2.14 bits per heavy atom. The quantitative estimate of drug-likeness (QED) is 0.220. The Labute approximate surface area is 194 Å². The number of halogens is 1. The number of nitrogens with one attached hydrogen (secondary N) is 3. The second-order valence-corrected chi connectivity index (χ2v) is 11.2. The molecule has 29 heavy (non-hydrogen) atoms. The first kappa shape index (κ1) is 30.4. The molecule has 8 nitrogen and oxygen atoms in total. The predicted octanol–water partition coefficient (Wildman–Crippen LogP) is 3.07. The van der Waals surface area contributed by atoms with Crippen LogP contribution < -0.4 is 16.0 Å². The van der Waals surface area contributed by atoms with Crippen LogP contribution in [0.2, 0.25) is 0 Å². The number of rotatable bonds is 10. The van der Waals surface area contributed by atoms with Gasteiger partial charge in [0.25, 0.3) is 0 Å². The lowest BCUT2D eigenvalue weighted by Crippen LogP contribution is -2.49. The maximum atomic E-state index is 11.9. The van der Waals surface area contributed by atoms with E-state index < -0.39 is 26.3 Å². The monoisotopic (exact) mass is 548 g/mol. The molecule has 0 aliphatic rings. The van der Waals surface area contributed by atoms with E-state index in [-0.39, 0.29) is 36.6 Å². The normalized spacial score (nSPS) is 13.9. The van der Waals surface area contributed by atoms with Crippen molar-refractivity contribution in [2.75, 3.05) is 25.9 Å². The zero-order valence-electron chi connectivity index (χ0n) is 19.2. The summed E-state index contributed by atoms with van der Waals surface area (Å²) in [6, 6.07) is -0.0494. The topological polar surface area (TPSA) is 109 Å². The number of ether oxygens (including phenoxy) is 1. The summed E-state index contributed by atoms with van der Waals surface area (Å²) < 4.78 is 28.1. The minimum absolute atomic E-state index is 0. The number of hydrogen-bond acceptors (Lipinski definition) is 5. The van der Waals surface area contributed by atoms with Crippen LogP contribution in [0.15, 0.2) is 4.99 Å². The summed E-state index contributed by atoms with van der Waals surface area (Å²) in [5.41, 5.74) is -0.552. The maximum absolute atomic E-state index is 11.9. The second-order valence-electron chi connectivity index (χ2n) is 8.59. The van der Waals surface area contributed by atoms with E-state index in [1.165, 1.54) is 6.26 Å². The molecule has 0 aromatic heterocycles. The first-order valence-corrected chi connectivity index (χ1v) is 11.8. The Bertz CT molecular complexity index is 616. The highest BCUT2D eigenvalue weighted by molar-refractivity contribution is 14.0. The van der Waals surface area contributed by atoms with Crippen molar-refractivity contribution in [1.82, 2.24) is 16.0 Å². The van der Waals surface area contributed by atoms with Gasteiger partial charge in [0.2, 0.25) is 0 Å². The van der Waals surface area contributed by atoms with Crippen molar-refractivity contribution in [3.05, 3.63) is 0 Å². The first-order chi connectivity index (χ1) is 12.7. The SMILES string of the molecule is CCCCC(CNC(=O)OC(C)(C)C)NC(=NCC(C)(C)S(C)(=O)=O)NCC.I. The molecule has 0 spiro atoms. The molecule has 10 heteroatoms. The van der Waals surface area contributed by atoms with Crippen molar-refractivity contribution in [1.29, 1.82) is 0 Å². The van der Waals surface area contributed by atoms with Gasteiger partial charge >= 0.3 is 6.09 Å². The fourth-order valence-corrected chi connectivity index (χ4v) is 2.40. The molecule has 0 fully saturated rings. The van der Waals surface area contributed by atoms with E-state index in [9.17, 15) is 13.2 Å². The smallest absolute Gasteiger partial charge is 0.407 e. The molecule has 0 radical (unpaired) electrons. The highest BCUT2D eigenvalue weighted by Crippen LogP contribution is 2.15. The minimum Gasteiger partial charge on any atom is -0.444 e. The third-order valence-corrected chi connectivity index (χ3v) is 6.24. The fraction of sp³-hybridized carbons (Fsp3) is 0.895. The summed E-state index contributed by atoms with van der Waals surface area (Å²) in [5, 5.41) is 9.24. The molecule has 174 valence electrons. The fourth-order valence-electron chi connectivity index (χ4n) is 2.10. The van der Waals surface area contributed by atoms with Crippen molar-refractivity contribution in [3.63, 3.8) is 0 Å². The van der Waals surface area contributed by atoms with Gasteiger partial charge < -0.3 is 20.7 Å². The van der Waals surface area contributed by atoms with Gasteiger partial charge in [-0.15, -0.1) is 24.0 Å². The molecule has 1 amide bonds. The summed E-state index contributed by atoms with van der Waals surface area (Å²) in [7, 11) is -3.23. The van der Waals surface area contributed by atoms with E-state index in [1.807, 2.05) is 27.7 Å².